The number of halogens is 2. The minimum Gasteiger partial charge on any atom is -0.480 e. The summed E-state index contributed by atoms with van der Waals surface area (Å²) in [5.74, 6) is -2.19. The van der Waals surface area contributed by atoms with Gasteiger partial charge >= 0.3 is 12.1 Å². The third-order valence-corrected chi connectivity index (χ3v) is 4.64. The van der Waals surface area contributed by atoms with Gasteiger partial charge in [-0.15, -0.1) is 0 Å². The summed E-state index contributed by atoms with van der Waals surface area (Å²) in [6, 6.07) is 10.7. The molecule has 0 radical (unpaired) electrons. The summed E-state index contributed by atoms with van der Waals surface area (Å²) in [7, 11) is 0. The Morgan fingerprint density at radius 2 is 1.70 bits per heavy atom. The number of carboxylic acids is 1. The van der Waals surface area contributed by atoms with E-state index in [-0.39, 0.29) is 18.1 Å². The largest absolute Gasteiger partial charge is 0.480 e. The van der Waals surface area contributed by atoms with E-state index in [2.05, 4.69) is 10.6 Å². The van der Waals surface area contributed by atoms with Gasteiger partial charge in [-0.3, -0.25) is 4.79 Å². The number of benzene rings is 2. The third-order valence-electron chi connectivity index (χ3n) is 4.06. The zero-order chi connectivity index (χ0) is 22.1. The quantitative estimate of drug-likeness (QED) is 0.460. The van der Waals surface area contributed by atoms with Crippen LogP contribution in [0.1, 0.15) is 11.1 Å². The first-order chi connectivity index (χ1) is 14.3. The average Bonchev–Trinajstić information content (AvgIpc) is 2.72. The van der Waals surface area contributed by atoms with Crippen molar-refractivity contribution in [1.82, 2.24) is 10.6 Å². The van der Waals surface area contributed by atoms with E-state index in [1.807, 2.05) is 6.07 Å². The van der Waals surface area contributed by atoms with Crippen molar-refractivity contribution in [3.63, 3.8) is 0 Å². The summed E-state index contributed by atoms with van der Waals surface area (Å²) in [6.07, 6.45) is -1.05. The maximum atomic E-state index is 12.4. The number of nitrogens with one attached hydrogen (secondary N) is 2. The maximum Gasteiger partial charge on any atom is 0.408 e. The first-order valence-electron chi connectivity index (χ1n) is 8.85. The van der Waals surface area contributed by atoms with Gasteiger partial charge in [0.05, 0.1) is 6.61 Å². The van der Waals surface area contributed by atoms with Gasteiger partial charge in [0.1, 0.15) is 18.7 Å². The number of alkyl carbamates (subject to hydrolysis) is 1. The highest BCUT2D eigenvalue weighted by molar-refractivity contribution is 6.35. The number of amides is 2. The maximum absolute atomic E-state index is 12.4. The van der Waals surface area contributed by atoms with Crippen molar-refractivity contribution >= 4 is 41.2 Å². The van der Waals surface area contributed by atoms with Crippen molar-refractivity contribution in [2.75, 3.05) is 6.61 Å². The number of hydrogen-bond acceptors (Lipinski definition) is 5. The molecule has 30 heavy (non-hydrogen) atoms. The highest BCUT2D eigenvalue weighted by Gasteiger charge is 2.27. The van der Waals surface area contributed by atoms with Crippen molar-refractivity contribution in [1.29, 1.82) is 0 Å². The molecule has 2 aromatic rings. The zero-order valence-corrected chi connectivity index (χ0v) is 17.2. The summed E-state index contributed by atoms with van der Waals surface area (Å²) in [5.41, 5.74) is 1.20. The van der Waals surface area contributed by atoms with Crippen molar-refractivity contribution < 1.29 is 29.3 Å². The number of carbonyl (C=O) groups excluding carboxylic acids is 2. The van der Waals surface area contributed by atoms with E-state index in [1.54, 1.807) is 36.4 Å². The first-order valence-corrected chi connectivity index (χ1v) is 9.61. The number of carboxylic acid groups (broad SMARTS) is 1. The van der Waals surface area contributed by atoms with Crippen LogP contribution < -0.4 is 10.6 Å². The molecule has 2 aromatic carbocycles. The number of carbonyl (C=O) groups is 3. The van der Waals surface area contributed by atoms with E-state index in [4.69, 9.17) is 27.9 Å². The molecule has 0 heterocycles. The highest BCUT2D eigenvalue weighted by Crippen LogP contribution is 2.22. The Hall–Kier alpha value is -2.81. The van der Waals surface area contributed by atoms with Gasteiger partial charge in [0, 0.05) is 16.5 Å². The molecule has 2 atom stereocenters. The molecule has 2 rings (SSSR count). The minimum atomic E-state index is -1.39. The smallest absolute Gasteiger partial charge is 0.408 e. The molecule has 10 heteroatoms. The monoisotopic (exact) mass is 454 g/mol. The molecule has 0 saturated carbocycles. The molecule has 2 amide bonds. The minimum absolute atomic E-state index is 0.0285. The Bertz CT molecular complexity index is 894. The predicted octanol–water partition coefficient (Wildman–Crippen LogP) is 2.39. The predicted molar refractivity (Wildman–Crippen MR) is 110 cm³/mol. The van der Waals surface area contributed by atoms with E-state index < -0.39 is 36.7 Å². The van der Waals surface area contributed by atoms with Crippen LogP contribution in [0.4, 0.5) is 4.79 Å². The van der Waals surface area contributed by atoms with Crippen LogP contribution in [-0.2, 0) is 27.4 Å². The topological polar surface area (TPSA) is 125 Å². The third kappa shape index (κ3) is 7.22. The van der Waals surface area contributed by atoms with Crippen LogP contribution in [0.25, 0.3) is 0 Å². The summed E-state index contributed by atoms with van der Waals surface area (Å²) >= 11 is 11.9. The Balaban J connectivity index is 1.95. The van der Waals surface area contributed by atoms with Crippen molar-refractivity contribution in [2.24, 2.45) is 0 Å². The second-order valence-electron chi connectivity index (χ2n) is 6.28. The van der Waals surface area contributed by atoms with Gasteiger partial charge in [0.2, 0.25) is 5.91 Å². The van der Waals surface area contributed by atoms with E-state index in [0.717, 1.165) is 5.56 Å². The normalized spacial score (nSPS) is 12.5. The fraction of sp³-hybridized carbons (Fsp3) is 0.250. The fourth-order valence-corrected chi connectivity index (χ4v) is 2.97. The van der Waals surface area contributed by atoms with Crippen molar-refractivity contribution in [3.05, 3.63) is 69.7 Å². The van der Waals surface area contributed by atoms with Crippen LogP contribution in [0, 0.1) is 0 Å². The van der Waals surface area contributed by atoms with E-state index >= 15 is 0 Å². The van der Waals surface area contributed by atoms with Gasteiger partial charge in [0.25, 0.3) is 0 Å². The number of ether oxygens (including phenoxy) is 1. The summed E-state index contributed by atoms with van der Waals surface area (Å²) in [6.45, 7) is -0.778. The summed E-state index contributed by atoms with van der Waals surface area (Å²) in [5, 5.41) is 24.0. The van der Waals surface area contributed by atoms with Gasteiger partial charge in [-0.2, -0.15) is 0 Å². The Kier molecular flexibility index (Phi) is 8.91. The Morgan fingerprint density at radius 3 is 2.30 bits per heavy atom. The lowest BCUT2D eigenvalue weighted by Crippen LogP contribution is -2.53. The van der Waals surface area contributed by atoms with Gasteiger partial charge in [-0.05, 0) is 23.3 Å². The molecule has 0 bridgehead atoms. The first kappa shape index (κ1) is 23.5. The van der Waals surface area contributed by atoms with Crippen LogP contribution in [-0.4, -0.2) is 46.9 Å². The number of rotatable bonds is 9. The van der Waals surface area contributed by atoms with E-state index in [1.165, 1.54) is 6.07 Å². The lowest BCUT2D eigenvalue weighted by atomic mass is 10.1. The number of aliphatic hydroxyl groups is 1. The summed E-state index contributed by atoms with van der Waals surface area (Å²) < 4.78 is 5.00. The second-order valence-corrected chi connectivity index (χ2v) is 7.12. The standard InChI is InChI=1S/C20H20Cl2N2O6/c21-14-7-6-13(15(22)9-14)8-16(19(27)28)23-18(26)17(10-25)24-20(29)30-11-12-4-2-1-3-5-12/h1-7,9,16-17,25H,8,10-11H2,(H,23,26)(H,24,29)(H,27,28)/t16-,17-/m0/s1. The number of aliphatic carboxylic acids is 1. The highest BCUT2D eigenvalue weighted by atomic mass is 35.5. The molecule has 160 valence electrons. The lowest BCUT2D eigenvalue weighted by Gasteiger charge is -2.20. The number of aliphatic hydroxyl groups excluding tert-OH is 1. The van der Waals surface area contributed by atoms with Crippen molar-refractivity contribution in [2.45, 2.75) is 25.1 Å². The molecule has 0 aliphatic heterocycles. The molecule has 8 nitrogen and oxygen atoms in total. The second kappa shape index (κ2) is 11.4. The zero-order valence-electron chi connectivity index (χ0n) is 15.7. The molecule has 0 fully saturated rings. The Labute approximate surface area is 182 Å². The van der Waals surface area contributed by atoms with Crippen LogP contribution in [0.15, 0.2) is 48.5 Å². The number of hydrogen-bond donors (Lipinski definition) is 4. The van der Waals surface area contributed by atoms with Crippen LogP contribution in [0.3, 0.4) is 0 Å². The van der Waals surface area contributed by atoms with Gasteiger partial charge < -0.3 is 25.6 Å². The molecule has 0 unspecified atom stereocenters. The molecular weight excluding hydrogens is 435 g/mol. The van der Waals surface area contributed by atoms with Crippen LogP contribution in [0.5, 0.6) is 0 Å². The Morgan fingerprint density at radius 1 is 1.00 bits per heavy atom. The van der Waals surface area contributed by atoms with E-state index in [0.29, 0.717) is 10.6 Å². The fourth-order valence-electron chi connectivity index (χ4n) is 2.48. The van der Waals surface area contributed by atoms with Gasteiger partial charge in [-0.1, -0.05) is 59.6 Å². The van der Waals surface area contributed by atoms with Crippen LogP contribution >= 0.6 is 23.2 Å². The molecule has 0 aliphatic rings. The lowest BCUT2D eigenvalue weighted by molar-refractivity contribution is -0.142. The molecule has 4 N–H and O–H groups in total. The molecule has 0 aromatic heterocycles. The molecule has 0 aliphatic carbocycles. The molecule has 0 saturated heterocycles. The average molecular weight is 455 g/mol. The van der Waals surface area contributed by atoms with Crippen LogP contribution in [0.2, 0.25) is 10.0 Å². The summed E-state index contributed by atoms with van der Waals surface area (Å²) in [4.78, 5) is 35.8. The van der Waals surface area contributed by atoms with E-state index in [9.17, 15) is 24.6 Å². The SMILES string of the molecule is O=C(N[C@@H](CO)C(=O)N[C@@H](Cc1ccc(Cl)cc1Cl)C(=O)O)OCc1ccccc1. The van der Waals surface area contributed by atoms with Crippen molar-refractivity contribution in [3.8, 4) is 0 Å². The molecule has 0 spiro atoms. The molecular formula is C20H20Cl2N2O6. The van der Waals surface area contributed by atoms with Gasteiger partial charge in [-0.25, -0.2) is 9.59 Å². The van der Waals surface area contributed by atoms with Gasteiger partial charge in [0.15, 0.2) is 0 Å².